The minimum absolute atomic E-state index is 0.537. The molecule has 2 N–H and O–H groups in total. The van der Waals surface area contributed by atoms with Crippen molar-refractivity contribution in [2.45, 2.75) is 6.10 Å². The van der Waals surface area contributed by atoms with E-state index in [0.29, 0.717) is 0 Å². The van der Waals surface area contributed by atoms with Crippen molar-refractivity contribution in [3.63, 3.8) is 0 Å². The van der Waals surface area contributed by atoms with Gasteiger partial charge in [-0.15, -0.1) is 15.1 Å². The second-order valence-electron chi connectivity index (χ2n) is 1.38. The maximum absolute atomic E-state index is 9.43. The molecule has 0 atom stereocenters. The summed E-state index contributed by atoms with van der Waals surface area (Å²) in [5, 5.41) is 24.8. The highest BCUT2D eigenvalue weighted by Crippen LogP contribution is 1.89. The Labute approximate surface area is 55.8 Å². The summed E-state index contributed by atoms with van der Waals surface area (Å²) in [7, 11) is 0. The lowest BCUT2D eigenvalue weighted by atomic mass is 10.4. The number of aliphatic hydroxyl groups excluding tert-OH is 2. The lowest BCUT2D eigenvalue weighted by Crippen LogP contribution is -2.23. The molecule has 0 bridgehead atoms. The van der Waals surface area contributed by atoms with E-state index in [2.05, 4.69) is 9.88 Å². The van der Waals surface area contributed by atoms with Crippen LogP contribution in [0.15, 0.2) is 0 Å². The summed E-state index contributed by atoms with van der Waals surface area (Å²) >= 11 is 0. The topological polar surface area (TPSA) is 102 Å². The van der Waals surface area contributed by atoms with Crippen LogP contribution in [0, 0.1) is 10.1 Å². The molecule has 0 saturated carbocycles. The standard InChI is InChI=1S/C3H7NO6/c5-1-3(2-6)9-10-4(7)8/h3,5-6H,1-2H2. The van der Waals surface area contributed by atoms with Gasteiger partial charge in [-0.3, -0.25) is 0 Å². The molecule has 0 aromatic heterocycles. The van der Waals surface area contributed by atoms with Crippen molar-refractivity contribution in [2.24, 2.45) is 0 Å². The molecule has 0 spiro atoms. The van der Waals surface area contributed by atoms with Gasteiger partial charge in [0.2, 0.25) is 0 Å². The fraction of sp³-hybridized carbons (Fsp3) is 1.00. The van der Waals surface area contributed by atoms with E-state index in [0.717, 1.165) is 0 Å². The third-order valence-corrected chi connectivity index (χ3v) is 0.647. The van der Waals surface area contributed by atoms with Crippen LogP contribution in [0.2, 0.25) is 0 Å². The van der Waals surface area contributed by atoms with Gasteiger partial charge in [0.1, 0.15) is 6.10 Å². The molecule has 0 radical (unpaired) electrons. The van der Waals surface area contributed by atoms with Crippen LogP contribution < -0.4 is 0 Å². The minimum Gasteiger partial charge on any atom is -0.393 e. The first-order valence-electron chi connectivity index (χ1n) is 2.40. The molecule has 0 saturated heterocycles. The predicted octanol–water partition coefficient (Wildman–Crippen LogP) is -1.52. The fourth-order valence-electron chi connectivity index (χ4n) is 0.215. The lowest BCUT2D eigenvalue weighted by molar-refractivity contribution is -0.855. The van der Waals surface area contributed by atoms with E-state index in [4.69, 9.17) is 10.2 Å². The van der Waals surface area contributed by atoms with Gasteiger partial charge in [0.25, 0.3) is 0 Å². The zero-order chi connectivity index (χ0) is 7.98. The Morgan fingerprint density at radius 2 is 2.00 bits per heavy atom. The second kappa shape index (κ2) is 4.91. The quantitative estimate of drug-likeness (QED) is 0.282. The number of hydrogen-bond donors (Lipinski definition) is 2. The van der Waals surface area contributed by atoms with Gasteiger partial charge in [0, 0.05) is 0 Å². The SMILES string of the molecule is O=[N+]([O-])OOC(CO)CO. The molecule has 0 rings (SSSR count). The van der Waals surface area contributed by atoms with Gasteiger partial charge in [-0.2, -0.15) is 4.89 Å². The summed E-state index contributed by atoms with van der Waals surface area (Å²) < 4.78 is 0. The van der Waals surface area contributed by atoms with E-state index < -0.39 is 24.4 Å². The lowest BCUT2D eigenvalue weighted by Gasteiger charge is -2.06. The van der Waals surface area contributed by atoms with Crippen LogP contribution in [0.4, 0.5) is 0 Å². The molecule has 0 amide bonds. The van der Waals surface area contributed by atoms with Crippen LogP contribution in [0.5, 0.6) is 0 Å². The molecule has 0 fully saturated rings. The van der Waals surface area contributed by atoms with Crippen LogP contribution in [-0.2, 0) is 9.88 Å². The van der Waals surface area contributed by atoms with E-state index in [1.807, 2.05) is 0 Å². The highest BCUT2D eigenvalue weighted by atomic mass is 17.3. The molecular weight excluding hydrogens is 146 g/mol. The number of hydrogen-bond acceptors (Lipinski definition) is 6. The molecule has 0 unspecified atom stereocenters. The van der Waals surface area contributed by atoms with Crippen molar-refractivity contribution in [1.82, 2.24) is 0 Å². The molecular formula is C3H7NO6. The van der Waals surface area contributed by atoms with Gasteiger partial charge in [0.15, 0.2) is 0 Å². The average Bonchev–Trinajstić information content (AvgIpc) is 1.90. The number of nitrogens with zero attached hydrogens (tertiary/aromatic N) is 1. The molecule has 0 aliphatic heterocycles. The van der Waals surface area contributed by atoms with Crippen LogP contribution in [0.3, 0.4) is 0 Å². The summed E-state index contributed by atoms with van der Waals surface area (Å²) in [5.41, 5.74) is 0. The van der Waals surface area contributed by atoms with Crippen molar-refractivity contribution in [1.29, 1.82) is 0 Å². The smallest absolute Gasteiger partial charge is 0.322 e. The van der Waals surface area contributed by atoms with Gasteiger partial charge in [-0.1, -0.05) is 0 Å². The Balaban J connectivity index is 3.34. The first kappa shape index (κ1) is 9.08. The molecule has 0 aromatic carbocycles. The van der Waals surface area contributed by atoms with Crippen molar-refractivity contribution in [3.8, 4) is 0 Å². The maximum atomic E-state index is 9.43. The first-order chi connectivity index (χ1) is 4.70. The molecule has 0 heterocycles. The molecule has 0 aliphatic rings. The predicted molar refractivity (Wildman–Crippen MR) is 27.1 cm³/mol. The maximum Gasteiger partial charge on any atom is 0.322 e. The van der Waals surface area contributed by atoms with E-state index in [1.165, 1.54) is 0 Å². The second-order valence-corrected chi connectivity index (χ2v) is 1.38. The monoisotopic (exact) mass is 153 g/mol. The van der Waals surface area contributed by atoms with Crippen molar-refractivity contribution in [3.05, 3.63) is 10.1 Å². The van der Waals surface area contributed by atoms with Crippen LogP contribution in [0.25, 0.3) is 0 Å². The number of rotatable bonds is 5. The van der Waals surface area contributed by atoms with E-state index in [1.54, 1.807) is 0 Å². The highest BCUT2D eigenvalue weighted by Gasteiger charge is 2.08. The third-order valence-electron chi connectivity index (χ3n) is 0.647. The van der Waals surface area contributed by atoms with Gasteiger partial charge in [-0.25, -0.2) is 0 Å². The van der Waals surface area contributed by atoms with E-state index in [9.17, 15) is 10.1 Å². The normalized spacial score (nSPS) is 9.90. The molecule has 0 aliphatic carbocycles. The number of aliphatic hydroxyl groups is 2. The van der Waals surface area contributed by atoms with Crippen molar-refractivity contribution >= 4 is 0 Å². The fourth-order valence-corrected chi connectivity index (χ4v) is 0.215. The Morgan fingerprint density at radius 3 is 2.30 bits per heavy atom. The summed E-state index contributed by atoms with van der Waals surface area (Å²) in [4.78, 5) is 16.7. The zero-order valence-corrected chi connectivity index (χ0v) is 4.97. The largest absolute Gasteiger partial charge is 0.393 e. The Hall–Kier alpha value is -0.920. The average molecular weight is 153 g/mol. The summed E-state index contributed by atoms with van der Waals surface area (Å²) in [6, 6.07) is 0. The van der Waals surface area contributed by atoms with Crippen LogP contribution in [0.1, 0.15) is 0 Å². The first-order valence-corrected chi connectivity index (χ1v) is 2.40. The third kappa shape index (κ3) is 4.01. The molecule has 60 valence electrons. The van der Waals surface area contributed by atoms with Gasteiger partial charge in [0.05, 0.1) is 13.2 Å². The zero-order valence-electron chi connectivity index (χ0n) is 4.97. The molecule has 10 heavy (non-hydrogen) atoms. The van der Waals surface area contributed by atoms with Crippen LogP contribution in [-0.4, -0.2) is 34.6 Å². The van der Waals surface area contributed by atoms with Crippen molar-refractivity contribution < 1.29 is 25.2 Å². The Kier molecular flexibility index (Phi) is 4.46. The van der Waals surface area contributed by atoms with Gasteiger partial charge in [-0.05, 0) is 0 Å². The highest BCUT2D eigenvalue weighted by molar-refractivity contribution is 4.46. The molecule has 7 nitrogen and oxygen atoms in total. The summed E-state index contributed by atoms with van der Waals surface area (Å²) in [6.45, 7) is -1.07. The van der Waals surface area contributed by atoms with Crippen LogP contribution >= 0.6 is 0 Å². The Morgan fingerprint density at radius 1 is 1.50 bits per heavy atom. The van der Waals surface area contributed by atoms with E-state index in [-0.39, 0.29) is 0 Å². The molecule has 0 aromatic rings. The summed E-state index contributed by atoms with van der Waals surface area (Å²) in [6.07, 6.45) is -1.06. The molecule has 7 heteroatoms. The van der Waals surface area contributed by atoms with E-state index >= 15 is 0 Å². The minimum atomic E-state index is -1.18. The van der Waals surface area contributed by atoms with Crippen molar-refractivity contribution in [2.75, 3.05) is 13.2 Å². The van der Waals surface area contributed by atoms with Gasteiger partial charge >= 0.3 is 5.09 Å². The summed E-state index contributed by atoms with van der Waals surface area (Å²) in [5.74, 6) is 0. The van der Waals surface area contributed by atoms with Gasteiger partial charge < -0.3 is 10.2 Å². The Bertz CT molecular complexity index is 101.